The van der Waals surface area contributed by atoms with Gasteiger partial charge in [0, 0.05) is 31.7 Å². The number of nitrogens with one attached hydrogen (secondary N) is 2. The highest BCUT2D eigenvalue weighted by atomic mass is 35.5. The van der Waals surface area contributed by atoms with Crippen molar-refractivity contribution in [3.05, 3.63) is 52.8 Å². The maximum absolute atomic E-state index is 13.2. The van der Waals surface area contributed by atoms with Gasteiger partial charge in [-0.2, -0.15) is 0 Å². The van der Waals surface area contributed by atoms with Crippen LogP contribution in [-0.4, -0.2) is 37.1 Å². The Labute approximate surface area is 176 Å². The van der Waals surface area contributed by atoms with Crippen LogP contribution in [0.4, 0.5) is 16.0 Å². The smallest absolute Gasteiger partial charge is 0.251 e. The number of pyridine rings is 1. The minimum atomic E-state index is -0.522. The van der Waals surface area contributed by atoms with E-state index in [2.05, 4.69) is 15.6 Å². The predicted molar refractivity (Wildman–Crippen MR) is 114 cm³/mol. The number of benzene rings is 1. The maximum Gasteiger partial charge on any atom is 0.251 e. The highest BCUT2D eigenvalue weighted by Gasteiger charge is 2.23. The number of carbonyl (C=O) groups excluding carboxylic acids is 1. The van der Waals surface area contributed by atoms with Crippen molar-refractivity contribution in [3.63, 3.8) is 0 Å². The van der Waals surface area contributed by atoms with E-state index >= 15 is 0 Å². The summed E-state index contributed by atoms with van der Waals surface area (Å²) in [6, 6.07) is 10.4. The van der Waals surface area contributed by atoms with Gasteiger partial charge in [-0.05, 0) is 56.0 Å². The molecule has 2 aromatic rings. The van der Waals surface area contributed by atoms with Crippen LogP contribution >= 0.6 is 24.0 Å². The Kier molecular flexibility index (Phi) is 7.89. The number of hydrogen-bond acceptors (Lipinski definition) is 4. The summed E-state index contributed by atoms with van der Waals surface area (Å²) < 4.78 is 13.2. The van der Waals surface area contributed by atoms with Gasteiger partial charge in [-0.1, -0.05) is 17.7 Å². The van der Waals surface area contributed by atoms with Crippen LogP contribution in [0, 0.1) is 5.82 Å². The van der Waals surface area contributed by atoms with Crippen LogP contribution in [0.5, 0.6) is 0 Å². The fourth-order valence-corrected chi connectivity index (χ4v) is 3.43. The number of anilines is 2. The van der Waals surface area contributed by atoms with Gasteiger partial charge in [0.1, 0.15) is 17.5 Å². The SMILES string of the molecule is CN(C)c1cccc(N[C@H]2CC[C@@H](NC(=O)c3ccc(F)c(Cl)c3)CC2)n1.Cl. The van der Waals surface area contributed by atoms with Crippen LogP contribution in [0.2, 0.25) is 5.02 Å². The van der Waals surface area contributed by atoms with Crippen LogP contribution in [-0.2, 0) is 0 Å². The minimum Gasteiger partial charge on any atom is -0.367 e. The summed E-state index contributed by atoms with van der Waals surface area (Å²) in [5.41, 5.74) is 0.381. The Hall–Kier alpha value is -2.05. The molecule has 152 valence electrons. The van der Waals surface area contributed by atoms with Gasteiger partial charge in [0.25, 0.3) is 5.91 Å². The first-order valence-electron chi connectivity index (χ1n) is 9.09. The molecule has 1 aromatic carbocycles. The van der Waals surface area contributed by atoms with Gasteiger partial charge in [0.05, 0.1) is 5.02 Å². The van der Waals surface area contributed by atoms with Crippen LogP contribution in [0.1, 0.15) is 36.0 Å². The molecule has 1 saturated carbocycles. The van der Waals surface area contributed by atoms with E-state index in [1.165, 1.54) is 18.2 Å². The van der Waals surface area contributed by atoms with Gasteiger partial charge in [-0.15, -0.1) is 12.4 Å². The molecule has 0 radical (unpaired) electrons. The quantitative estimate of drug-likeness (QED) is 0.737. The Morgan fingerprint density at radius 3 is 2.46 bits per heavy atom. The molecule has 1 aliphatic rings. The summed E-state index contributed by atoms with van der Waals surface area (Å²) in [5, 5.41) is 6.47. The molecule has 1 amide bonds. The van der Waals surface area contributed by atoms with E-state index in [4.69, 9.17) is 11.6 Å². The molecule has 0 spiro atoms. The summed E-state index contributed by atoms with van der Waals surface area (Å²) in [5.74, 6) is 1.05. The van der Waals surface area contributed by atoms with Gasteiger partial charge in [-0.3, -0.25) is 4.79 Å². The Morgan fingerprint density at radius 1 is 1.14 bits per heavy atom. The van der Waals surface area contributed by atoms with Gasteiger partial charge < -0.3 is 15.5 Å². The molecule has 3 rings (SSSR count). The summed E-state index contributed by atoms with van der Waals surface area (Å²) >= 11 is 5.76. The fraction of sp³-hybridized carbons (Fsp3) is 0.400. The van der Waals surface area contributed by atoms with Crippen molar-refractivity contribution < 1.29 is 9.18 Å². The third kappa shape index (κ3) is 5.72. The van der Waals surface area contributed by atoms with E-state index in [1.807, 2.05) is 37.2 Å². The van der Waals surface area contributed by atoms with Gasteiger partial charge in [-0.25, -0.2) is 9.37 Å². The minimum absolute atomic E-state index is 0. The lowest BCUT2D eigenvalue weighted by atomic mass is 9.91. The van der Waals surface area contributed by atoms with Crippen molar-refractivity contribution in [2.45, 2.75) is 37.8 Å². The summed E-state index contributed by atoms with van der Waals surface area (Å²) in [7, 11) is 3.93. The average Bonchev–Trinajstić information content (AvgIpc) is 2.65. The van der Waals surface area contributed by atoms with Crippen molar-refractivity contribution in [2.24, 2.45) is 0 Å². The molecule has 0 atom stereocenters. The second kappa shape index (κ2) is 9.94. The van der Waals surface area contributed by atoms with E-state index in [0.717, 1.165) is 37.3 Å². The molecule has 1 aliphatic carbocycles. The van der Waals surface area contributed by atoms with E-state index in [-0.39, 0.29) is 29.4 Å². The number of hydrogen-bond donors (Lipinski definition) is 2. The summed E-state index contributed by atoms with van der Waals surface area (Å²) in [6.07, 6.45) is 3.66. The standard InChI is InChI=1S/C20H24ClFN4O.ClH/c1-26(2)19-5-3-4-18(25-19)23-14-7-9-15(10-8-14)24-20(27)13-6-11-17(22)16(21)12-13;/h3-6,11-12,14-15H,7-10H2,1-2H3,(H,23,25)(H,24,27);1H/t14-,15+;. The van der Waals surface area contributed by atoms with Crippen LogP contribution < -0.4 is 15.5 Å². The number of amides is 1. The van der Waals surface area contributed by atoms with Gasteiger partial charge >= 0.3 is 0 Å². The number of rotatable bonds is 5. The molecule has 1 fully saturated rings. The van der Waals surface area contributed by atoms with Crippen LogP contribution in [0.25, 0.3) is 0 Å². The van der Waals surface area contributed by atoms with Crippen LogP contribution in [0.3, 0.4) is 0 Å². The zero-order chi connectivity index (χ0) is 19.4. The van der Waals surface area contributed by atoms with Crippen molar-refractivity contribution in [1.82, 2.24) is 10.3 Å². The second-order valence-electron chi connectivity index (χ2n) is 7.07. The Balaban J connectivity index is 0.00000280. The molecular weight excluding hydrogens is 402 g/mol. The van der Waals surface area contributed by atoms with Gasteiger partial charge in [0.15, 0.2) is 0 Å². The molecule has 0 saturated heterocycles. The number of halogens is 3. The topological polar surface area (TPSA) is 57.3 Å². The monoisotopic (exact) mass is 426 g/mol. The lowest BCUT2D eigenvalue weighted by molar-refractivity contribution is 0.0926. The highest BCUT2D eigenvalue weighted by Crippen LogP contribution is 2.23. The normalized spacial score (nSPS) is 18.7. The molecule has 28 heavy (non-hydrogen) atoms. The van der Waals surface area contributed by atoms with E-state index in [1.54, 1.807) is 0 Å². The number of carbonyl (C=O) groups is 1. The molecule has 8 heteroatoms. The van der Waals surface area contributed by atoms with Gasteiger partial charge in [0.2, 0.25) is 0 Å². The van der Waals surface area contributed by atoms with E-state index in [0.29, 0.717) is 11.6 Å². The van der Waals surface area contributed by atoms with E-state index < -0.39 is 5.82 Å². The van der Waals surface area contributed by atoms with Crippen molar-refractivity contribution in [1.29, 1.82) is 0 Å². The molecule has 2 N–H and O–H groups in total. The Morgan fingerprint density at radius 2 is 1.82 bits per heavy atom. The number of nitrogens with zero attached hydrogens (tertiary/aromatic N) is 2. The number of aromatic nitrogens is 1. The predicted octanol–water partition coefficient (Wildman–Crippen LogP) is 4.52. The lowest BCUT2D eigenvalue weighted by Crippen LogP contribution is -2.40. The zero-order valence-corrected chi connectivity index (χ0v) is 17.5. The molecular formula is C20H25Cl2FN4O. The third-order valence-electron chi connectivity index (χ3n) is 4.79. The molecule has 1 heterocycles. The summed E-state index contributed by atoms with van der Waals surface area (Å²) in [6.45, 7) is 0. The molecule has 0 aliphatic heterocycles. The fourth-order valence-electron chi connectivity index (χ4n) is 3.25. The van der Waals surface area contributed by atoms with Crippen molar-refractivity contribution in [2.75, 3.05) is 24.3 Å². The molecule has 0 bridgehead atoms. The van der Waals surface area contributed by atoms with E-state index in [9.17, 15) is 9.18 Å². The molecule has 5 nitrogen and oxygen atoms in total. The first kappa shape index (κ1) is 22.2. The van der Waals surface area contributed by atoms with Crippen molar-refractivity contribution >= 4 is 41.6 Å². The lowest BCUT2D eigenvalue weighted by Gasteiger charge is -2.30. The second-order valence-corrected chi connectivity index (χ2v) is 7.48. The molecule has 1 aromatic heterocycles. The summed E-state index contributed by atoms with van der Waals surface area (Å²) in [4.78, 5) is 18.9. The maximum atomic E-state index is 13.2. The largest absolute Gasteiger partial charge is 0.367 e. The first-order valence-corrected chi connectivity index (χ1v) is 9.47. The Bertz CT molecular complexity index is 811. The average molecular weight is 427 g/mol. The first-order chi connectivity index (χ1) is 12.9. The third-order valence-corrected chi connectivity index (χ3v) is 5.08. The van der Waals surface area contributed by atoms with Crippen molar-refractivity contribution in [3.8, 4) is 0 Å². The highest BCUT2D eigenvalue weighted by molar-refractivity contribution is 6.31. The zero-order valence-electron chi connectivity index (χ0n) is 15.9. The van der Waals surface area contributed by atoms with Crippen LogP contribution in [0.15, 0.2) is 36.4 Å². The molecule has 0 unspecified atom stereocenters.